The summed E-state index contributed by atoms with van der Waals surface area (Å²) in [6, 6.07) is 12.6. The Balaban J connectivity index is 1.49. The largest absolute Gasteiger partial charge is 0.493 e. The zero-order valence-corrected chi connectivity index (χ0v) is 23.4. The maximum absolute atomic E-state index is 14.6. The van der Waals surface area contributed by atoms with Crippen molar-refractivity contribution in [3.63, 3.8) is 0 Å². The molecule has 3 aromatic rings. The number of carbonyl (C=O) groups is 4. The van der Waals surface area contributed by atoms with Gasteiger partial charge in [0.1, 0.15) is 11.5 Å². The van der Waals surface area contributed by atoms with Gasteiger partial charge in [-0.25, -0.2) is 28.0 Å². The second-order valence-electron chi connectivity index (χ2n) is 8.69. The average Bonchev–Trinajstić information content (AvgIpc) is 3.03. The van der Waals surface area contributed by atoms with Gasteiger partial charge in [-0.2, -0.15) is 0 Å². The monoisotopic (exact) mass is 610 g/mol. The Bertz CT molecular complexity index is 1370. The number of benzene rings is 3. The third-order valence-electron chi connectivity index (χ3n) is 5.51. The van der Waals surface area contributed by atoms with E-state index in [4.69, 9.17) is 28.4 Å². The minimum absolute atomic E-state index is 0.0381. The van der Waals surface area contributed by atoms with Crippen LogP contribution in [0, 0.1) is 11.6 Å². The molecule has 0 aliphatic rings. The molecule has 0 N–H and O–H groups in total. The summed E-state index contributed by atoms with van der Waals surface area (Å²) in [5, 5.41) is 0. The minimum atomic E-state index is -1.14. The van der Waals surface area contributed by atoms with E-state index in [1.807, 2.05) is 0 Å². The van der Waals surface area contributed by atoms with E-state index in [2.05, 4.69) is 13.2 Å². The molecule has 0 aliphatic heterocycles. The van der Waals surface area contributed by atoms with Gasteiger partial charge in [0.25, 0.3) is 0 Å². The fourth-order valence-corrected chi connectivity index (χ4v) is 3.32. The summed E-state index contributed by atoms with van der Waals surface area (Å²) >= 11 is 0. The van der Waals surface area contributed by atoms with Gasteiger partial charge in [-0.15, -0.1) is 0 Å². The van der Waals surface area contributed by atoms with Gasteiger partial charge in [0, 0.05) is 37.1 Å². The Hall–Kier alpha value is -5.52. The highest BCUT2D eigenvalue weighted by Crippen LogP contribution is 2.28. The molecule has 0 spiro atoms. The van der Waals surface area contributed by atoms with E-state index in [0.717, 1.165) is 12.2 Å². The first kappa shape index (κ1) is 33.0. The van der Waals surface area contributed by atoms with Gasteiger partial charge in [0.05, 0.1) is 37.6 Å². The van der Waals surface area contributed by atoms with Crippen LogP contribution < -0.4 is 18.9 Å². The van der Waals surface area contributed by atoms with Crippen molar-refractivity contribution in [1.29, 1.82) is 0 Å². The Morgan fingerprint density at radius 1 is 0.591 bits per heavy atom. The highest BCUT2D eigenvalue weighted by atomic mass is 19.1. The minimum Gasteiger partial charge on any atom is -0.493 e. The van der Waals surface area contributed by atoms with E-state index in [1.54, 1.807) is 0 Å². The smallest absolute Gasteiger partial charge is 0.343 e. The molecule has 0 bridgehead atoms. The van der Waals surface area contributed by atoms with E-state index in [9.17, 15) is 28.0 Å². The first-order chi connectivity index (χ1) is 21.2. The average molecular weight is 611 g/mol. The van der Waals surface area contributed by atoms with Crippen LogP contribution in [-0.4, -0.2) is 50.3 Å². The van der Waals surface area contributed by atoms with Gasteiger partial charge in [0.2, 0.25) is 0 Å². The van der Waals surface area contributed by atoms with Crippen LogP contribution in [0.25, 0.3) is 0 Å². The second kappa shape index (κ2) is 16.8. The van der Waals surface area contributed by atoms with Crippen LogP contribution in [-0.2, 0) is 19.1 Å². The van der Waals surface area contributed by atoms with Crippen molar-refractivity contribution in [2.75, 3.05) is 26.4 Å². The summed E-state index contributed by atoms with van der Waals surface area (Å²) in [7, 11) is 0. The highest BCUT2D eigenvalue weighted by molar-refractivity contribution is 5.92. The Kier molecular flexibility index (Phi) is 12.6. The topological polar surface area (TPSA) is 124 Å². The molecule has 0 unspecified atom stereocenters. The first-order valence-electron chi connectivity index (χ1n) is 13.2. The number of carbonyl (C=O) groups excluding carboxylic acids is 4. The van der Waals surface area contributed by atoms with Gasteiger partial charge in [-0.1, -0.05) is 13.2 Å². The summed E-state index contributed by atoms with van der Waals surface area (Å²) < 4.78 is 59.9. The fourth-order valence-electron chi connectivity index (χ4n) is 3.32. The summed E-state index contributed by atoms with van der Waals surface area (Å²) in [5.41, 5.74) is 0.0762. The summed E-state index contributed by atoms with van der Waals surface area (Å²) in [6.07, 6.45) is 2.97. The summed E-state index contributed by atoms with van der Waals surface area (Å²) in [6.45, 7) is 7.37. The molecule has 10 nitrogen and oxygen atoms in total. The fraction of sp³-hybridized carbons (Fsp3) is 0.188. The molecule has 3 rings (SSSR count). The van der Waals surface area contributed by atoms with Crippen LogP contribution in [0.3, 0.4) is 0 Å². The lowest BCUT2D eigenvalue weighted by Gasteiger charge is -2.10. The van der Waals surface area contributed by atoms with Crippen molar-refractivity contribution >= 4 is 23.9 Å². The molecule has 44 heavy (non-hydrogen) atoms. The zero-order valence-electron chi connectivity index (χ0n) is 23.4. The predicted octanol–water partition coefficient (Wildman–Crippen LogP) is 5.40. The Labute approximate surface area is 251 Å². The lowest BCUT2D eigenvalue weighted by molar-refractivity contribution is -0.138. The van der Waals surface area contributed by atoms with Crippen LogP contribution in [0.15, 0.2) is 86.0 Å². The number of ether oxygens (including phenoxy) is 6. The van der Waals surface area contributed by atoms with E-state index >= 15 is 0 Å². The molecule has 0 radical (unpaired) electrons. The number of esters is 4. The van der Waals surface area contributed by atoms with Crippen molar-refractivity contribution < 1.29 is 56.4 Å². The van der Waals surface area contributed by atoms with Crippen molar-refractivity contribution in [2.24, 2.45) is 0 Å². The predicted molar refractivity (Wildman–Crippen MR) is 152 cm³/mol. The molecule has 230 valence electrons. The molecule has 0 amide bonds. The molecule has 0 heterocycles. The SMILES string of the molecule is C=CC(=O)OCCCOc1ccc(C(=O)Oc2cc(F)c(OC(=O)c3ccc(OCCCOC(=O)C=C)cc3)cc2F)cc1. The van der Waals surface area contributed by atoms with E-state index in [1.165, 1.54) is 48.5 Å². The molecular weight excluding hydrogens is 582 g/mol. The maximum Gasteiger partial charge on any atom is 0.343 e. The van der Waals surface area contributed by atoms with Crippen LogP contribution in [0.2, 0.25) is 0 Å². The van der Waals surface area contributed by atoms with Crippen molar-refractivity contribution in [1.82, 2.24) is 0 Å². The Morgan fingerprint density at radius 2 is 0.955 bits per heavy atom. The highest BCUT2D eigenvalue weighted by Gasteiger charge is 2.19. The molecule has 0 saturated carbocycles. The van der Waals surface area contributed by atoms with Crippen LogP contribution >= 0.6 is 0 Å². The molecule has 12 heteroatoms. The molecule has 0 saturated heterocycles. The lowest BCUT2D eigenvalue weighted by atomic mass is 10.2. The van der Waals surface area contributed by atoms with Gasteiger partial charge >= 0.3 is 23.9 Å². The molecule has 0 aliphatic carbocycles. The van der Waals surface area contributed by atoms with Crippen LogP contribution in [0.5, 0.6) is 23.0 Å². The lowest BCUT2D eigenvalue weighted by Crippen LogP contribution is -2.12. The van der Waals surface area contributed by atoms with E-state index in [0.29, 0.717) is 36.5 Å². The van der Waals surface area contributed by atoms with E-state index < -0.39 is 47.0 Å². The Morgan fingerprint density at radius 3 is 1.30 bits per heavy atom. The standard InChI is InChI=1S/C32H28F2O10/c1-3-29(35)41-17-5-15-39-23-11-7-21(8-12-23)31(37)43-27-19-26(34)28(20-25(27)33)44-32(38)22-9-13-24(14-10-22)40-16-6-18-42-30(36)4-2/h3-4,7-14,19-20H,1-2,5-6,15-18H2. The molecule has 3 aromatic carbocycles. The zero-order chi connectivity index (χ0) is 31.9. The van der Waals surface area contributed by atoms with Crippen LogP contribution in [0.4, 0.5) is 8.78 Å². The van der Waals surface area contributed by atoms with Gasteiger partial charge < -0.3 is 28.4 Å². The van der Waals surface area contributed by atoms with Gasteiger partial charge in [-0.05, 0) is 48.5 Å². The van der Waals surface area contributed by atoms with Crippen molar-refractivity contribution in [3.05, 3.63) is 109 Å². The van der Waals surface area contributed by atoms with Crippen molar-refractivity contribution in [3.8, 4) is 23.0 Å². The third kappa shape index (κ3) is 10.4. The number of hydrogen-bond acceptors (Lipinski definition) is 10. The number of halogens is 2. The van der Waals surface area contributed by atoms with Crippen LogP contribution in [0.1, 0.15) is 33.6 Å². The van der Waals surface area contributed by atoms with E-state index in [-0.39, 0.29) is 37.6 Å². The molecule has 0 fully saturated rings. The van der Waals surface area contributed by atoms with Crippen molar-refractivity contribution in [2.45, 2.75) is 12.8 Å². The maximum atomic E-state index is 14.6. The molecular formula is C32H28F2O10. The first-order valence-corrected chi connectivity index (χ1v) is 13.2. The second-order valence-corrected chi connectivity index (χ2v) is 8.69. The molecule has 0 aromatic heterocycles. The molecule has 0 atom stereocenters. The number of hydrogen-bond donors (Lipinski definition) is 0. The van der Waals surface area contributed by atoms with Gasteiger partial charge in [0.15, 0.2) is 23.1 Å². The quantitative estimate of drug-likeness (QED) is 0.0902. The van der Waals surface area contributed by atoms with Gasteiger partial charge in [-0.3, -0.25) is 0 Å². The summed E-state index contributed by atoms with van der Waals surface area (Å²) in [4.78, 5) is 46.9. The summed E-state index contributed by atoms with van der Waals surface area (Å²) in [5.74, 6) is -5.83. The number of rotatable bonds is 16. The normalized spacial score (nSPS) is 10.2. The third-order valence-corrected chi connectivity index (χ3v) is 5.51.